The quantitative estimate of drug-likeness (QED) is 0.720. The maximum Gasteiger partial charge on any atom is 0.260 e. The zero-order chi connectivity index (χ0) is 17.9. The molecule has 2 aromatic heterocycles. The summed E-state index contributed by atoms with van der Waals surface area (Å²) in [5.41, 5.74) is 1.21. The van der Waals surface area contributed by atoms with Crippen LogP contribution < -0.4 is 10.0 Å². The molecule has 1 aliphatic carbocycles. The monoisotopic (exact) mass is 383 g/mol. The third-order valence-electron chi connectivity index (χ3n) is 3.93. The van der Waals surface area contributed by atoms with E-state index in [4.69, 9.17) is 0 Å². The molecule has 0 radical (unpaired) electrons. The number of sulfonamides is 1. The highest BCUT2D eigenvalue weighted by Gasteiger charge is 2.18. The minimum atomic E-state index is -3.77. The zero-order valence-corrected chi connectivity index (χ0v) is 15.6. The van der Waals surface area contributed by atoms with Gasteiger partial charge in [-0.05, 0) is 25.7 Å². The third-order valence-corrected chi connectivity index (χ3v) is 6.43. The van der Waals surface area contributed by atoms with Gasteiger partial charge < -0.3 is 9.88 Å². The summed E-state index contributed by atoms with van der Waals surface area (Å²) in [6, 6.07) is 0. The van der Waals surface area contributed by atoms with Crippen LogP contribution in [-0.2, 0) is 41.1 Å². The van der Waals surface area contributed by atoms with Crippen molar-refractivity contribution in [2.45, 2.75) is 37.1 Å². The molecule has 0 saturated heterocycles. The first kappa shape index (κ1) is 18.0. The lowest BCUT2D eigenvalue weighted by molar-refractivity contribution is -0.119. The molecule has 2 aromatic rings. The molecule has 136 valence electrons. The maximum absolute atomic E-state index is 12.0. The fourth-order valence-electron chi connectivity index (χ4n) is 2.65. The number of aryl methyl sites for hydroxylation is 3. The Kier molecular flexibility index (Phi) is 5.50. The van der Waals surface area contributed by atoms with Gasteiger partial charge in [0.05, 0.1) is 23.6 Å². The summed E-state index contributed by atoms with van der Waals surface area (Å²) in [4.78, 5) is 21.6. The van der Waals surface area contributed by atoms with Gasteiger partial charge in [-0.3, -0.25) is 4.79 Å². The molecule has 0 fully saturated rings. The van der Waals surface area contributed by atoms with Crippen LogP contribution in [0.25, 0.3) is 0 Å². The molecule has 0 unspecified atom stereocenters. The van der Waals surface area contributed by atoms with Gasteiger partial charge in [-0.2, -0.15) is 0 Å². The normalized spacial score (nSPS) is 14.3. The van der Waals surface area contributed by atoms with E-state index in [1.807, 2.05) is 0 Å². The van der Waals surface area contributed by atoms with Gasteiger partial charge in [0.2, 0.25) is 5.91 Å². The molecule has 0 aliphatic heterocycles. The minimum Gasteiger partial charge on any atom is -0.355 e. The lowest BCUT2D eigenvalue weighted by atomic mass is 10.0. The van der Waals surface area contributed by atoms with E-state index in [0.29, 0.717) is 13.0 Å². The fourth-order valence-corrected chi connectivity index (χ4v) is 4.76. The van der Waals surface area contributed by atoms with Crippen LogP contribution in [0.3, 0.4) is 0 Å². The smallest absolute Gasteiger partial charge is 0.260 e. The van der Waals surface area contributed by atoms with Crippen LogP contribution in [0, 0.1) is 0 Å². The fraction of sp³-hybridized carbons (Fsp3) is 0.533. The SMILES string of the molecule is Cn1cnc(S(=O)(=O)NCC(=O)NCCc2nc3c(s2)CCCC3)c1. The Morgan fingerprint density at radius 1 is 1.36 bits per heavy atom. The lowest BCUT2D eigenvalue weighted by Gasteiger charge is -2.06. The van der Waals surface area contributed by atoms with Crippen LogP contribution in [-0.4, -0.2) is 41.9 Å². The van der Waals surface area contributed by atoms with E-state index in [-0.39, 0.29) is 17.5 Å². The Balaban J connectivity index is 1.43. The molecule has 25 heavy (non-hydrogen) atoms. The number of rotatable bonds is 7. The summed E-state index contributed by atoms with van der Waals surface area (Å²) in [5, 5.41) is 3.64. The lowest BCUT2D eigenvalue weighted by Crippen LogP contribution is -2.37. The molecule has 0 atom stereocenters. The van der Waals surface area contributed by atoms with Crippen LogP contribution in [0.5, 0.6) is 0 Å². The van der Waals surface area contributed by atoms with Crippen LogP contribution in [0.15, 0.2) is 17.6 Å². The maximum atomic E-state index is 12.0. The molecule has 8 nitrogen and oxygen atoms in total. The standard InChI is InChI=1S/C15H21N5O3S2/c1-20-9-15(17-10-20)25(22,23)18-8-13(21)16-7-6-14-19-11-4-2-3-5-12(11)24-14/h9-10,18H,2-8H2,1H3,(H,16,21). The first-order valence-electron chi connectivity index (χ1n) is 8.16. The summed E-state index contributed by atoms with van der Waals surface area (Å²) >= 11 is 1.72. The van der Waals surface area contributed by atoms with E-state index in [1.54, 1.807) is 18.4 Å². The van der Waals surface area contributed by atoms with Crippen molar-refractivity contribution >= 4 is 27.3 Å². The van der Waals surface area contributed by atoms with Crippen molar-refractivity contribution < 1.29 is 13.2 Å². The van der Waals surface area contributed by atoms with Crippen molar-refractivity contribution in [3.63, 3.8) is 0 Å². The van der Waals surface area contributed by atoms with Crippen molar-refractivity contribution in [2.75, 3.05) is 13.1 Å². The summed E-state index contributed by atoms with van der Waals surface area (Å²) in [6.45, 7) is 0.129. The summed E-state index contributed by atoms with van der Waals surface area (Å²) in [7, 11) is -2.09. The van der Waals surface area contributed by atoms with Gasteiger partial charge in [-0.15, -0.1) is 11.3 Å². The van der Waals surface area contributed by atoms with Crippen molar-refractivity contribution in [2.24, 2.45) is 7.05 Å². The van der Waals surface area contributed by atoms with Gasteiger partial charge >= 0.3 is 0 Å². The Morgan fingerprint density at radius 2 is 2.16 bits per heavy atom. The van der Waals surface area contributed by atoms with Crippen molar-refractivity contribution in [1.82, 2.24) is 24.6 Å². The highest BCUT2D eigenvalue weighted by atomic mass is 32.2. The Bertz CT molecular complexity index is 833. The summed E-state index contributed by atoms with van der Waals surface area (Å²) in [5.74, 6) is -0.374. The van der Waals surface area contributed by atoms with Crippen molar-refractivity contribution in [1.29, 1.82) is 0 Å². The van der Waals surface area contributed by atoms with E-state index in [9.17, 15) is 13.2 Å². The number of hydrogen-bond donors (Lipinski definition) is 2. The van der Waals surface area contributed by atoms with Crippen LogP contribution >= 0.6 is 11.3 Å². The second-order valence-corrected chi connectivity index (χ2v) is 8.87. The topological polar surface area (TPSA) is 106 Å². The Labute approximate surface area is 150 Å². The number of aromatic nitrogens is 3. The average Bonchev–Trinajstić information content (AvgIpc) is 3.19. The minimum absolute atomic E-state index is 0.101. The molecule has 3 rings (SSSR count). The molecule has 1 amide bonds. The second kappa shape index (κ2) is 7.63. The van der Waals surface area contributed by atoms with Gasteiger partial charge in [0, 0.05) is 31.1 Å². The van der Waals surface area contributed by atoms with Gasteiger partial charge in [-0.1, -0.05) is 0 Å². The van der Waals surface area contributed by atoms with Gasteiger partial charge in [-0.25, -0.2) is 23.1 Å². The van der Waals surface area contributed by atoms with Crippen LogP contribution in [0.2, 0.25) is 0 Å². The molecular weight excluding hydrogens is 362 g/mol. The number of nitrogens with one attached hydrogen (secondary N) is 2. The molecule has 1 aliphatic rings. The van der Waals surface area contributed by atoms with Crippen LogP contribution in [0.4, 0.5) is 0 Å². The van der Waals surface area contributed by atoms with E-state index in [2.05, 4.69) is 20.0 Å². The predicted molar refractivity (Wildman–Crippen MR) is 93.9 cm³/mol. The average molecular weight is 383 g/mol. The third kappa shape index (κ3) is 4.65. The molecule has 2 heterocycles. The first-order chi connectivity index (χ1) is 11.9. The summed E-state index contributed by atoms with van der Waals surface area (Å²) < 4.78 is 27.7. The highest BCUT2D eigenvalue weighted by Crippen LogP contribution is 2.26. The Morgan fingerprint density at radius 3 is 2.88 bits per heavy atom. The summed E-state index contributed by atoms with van der Waals surface area (Å²) in [6.07, 6.45) is 8.01. The van der Waals surface area contributed by atoms with Crippen molar-refractivity contribution in [3.05, 3.63) is 28.1 Å². The van der Waals surface area contributed by atoms with E-state index in [1.165, 1.54) is 40.5 Å². The van der Waals surface area contributed by atoms with Crippen LogP contribution in [0.1, 0.15) is 28.4 Å². The molecular formula is C15H21N5O3S2. The zero-order valence-electron chi connectivity index (χ0n) is 14.0. The first-order valence-corrected chi connectivity index (χ1v) is 10.5. The number of imidazole rings is 1. The Hall–Kier alpha value is -1.78. The molecule has 0 aromatic carbocycles. The number of carbonyl (C=O) groups is 1. The van der Waals surface area contributed by atoms with Gasteiger partial charge in [0.1, 0.15) is 0 Å². The van der Waals surface area contributed by atoms with Gasteiger partial charge in [0.15, 0.2) is 5.03 Å². The molecule has 0 bridgehead atoms. The molecule has 2 N–H and O–H groups in total. The van der Waals surface area contributed by atoms with Crippen molar-refractivity contribution in [3.8, 4) is 0 Å². The van der Waals surface area contributed by atoms with E-state index in [0.717, 1.165) is 17.8 Å². The second-order valence-electron chi connectivity index (χ2n) is 5.99. The number of fused-ring (bicyclic) bond motifs is 1. The number of amides is 1. The number of thiazole rings is 1. The number of carbonyl (C=O) groups excluding carboxylic acids is 1. The van der Waals surface area contributed by atoms with Gasteiger partial charge in [0.25, 0.3) is 10.0 Å². The number of nitrogens with zero attached hydrogens (tertiary/aromatic N) is 3. The molecule has 0 saturated carbocycles. The highest BCUT2D eigenvalue weighted by molar-refractivity contribution is 7.89. The predicted octanol–water partition coefficient (Wildman–Crippen LogP) is 0.393. The van der Waals surface area contributed by atoms with E-state index >= 15 is 0 Å². The largest absolute Gasteiger partial charge is 0.355 e. The molecule has 10 heteroatoms. The number of hydrogen-bond acceptors (Lipinski definition) is 6. The van der Waals surface area contributed by atoms with E-state index < -0.39 is 10.0 Å². The molecule has 0 spiro atoms.